The molecular weight excluding hydrogens is 478 g/mol. The lowest BCUT2D eigenvalue weighted by Gasteiger charge is -2.37. The summed E-state index contributed by atoms with van der Waals surface area (Å²) in [5.41, 5.74) is 12.0. The van der Waals surface area contributed by atoms with Gasteiger partial charge in [0.15, 0.2) is 5.65 Å². The Morgan fingerprint density at radius 2 is 1.44 bits per heavy atom. The van der Waals surface area contributed by atoms with Crippen molar-refractivity contribution in [2.75, 3.05) is 31.1 Å². The highest BCUT2D eigenvalue weighted by atomic mass is 15.4. The Kier molecular flexibility index (Phi) is 6.92. The molecule has 0 spiro atoms. The van der Waals surface area contributed by atoms with Crippen molar-refractivity contribution in [3.8, 4) is 11.1 Å². The van der Waals surface area contributed by atoms with E-state index in [1.54, 1.807) is 0 Å². The smallest absolute Gasteiger partial charge is 0.165 e. The molecule has 0 bridgehead atoms. The van der Waals surface area contributed by atoms with Crippen molar-refractivity contribution in [1.29, 1.82) is 0 Å². The van der Waals surface area contributed by atoms with E-state index in [1.165, 1.54) is 33.6 Å². The van der Waals surface area contributed by atoms with Gasteiger partial charge in [0.1, 0.15) is 5.82 Å². The van der Waals surface area contributed by atoms with Crippen LogP contribution in [0.3, 0.4) is 0 Å². The molecule has 0 unspecified atom stereocenters. The van der Waals surface area contributed by atoms with Gasteiger partial charge in [-0.05, 0) is 49.9 Å². The number of anilines is 1. The van der Waals surface area contributed by atoms with Crippen LogP contribution in [0, 0.1) is 27.7 Å². The lowest BCUT2D eigenvalue weighted by atomic mass is 10.0. The molecular formula is C34H37N5. The van der Waals surface area contributed by atoms with Gasteiger partial charge in [-0.3, -0.25) is 4.90 Å². The van der Waals surface area contributed by atoms with Crippen molar-refractivity contribution >= 4 is 11.5 Å². The van der Waals surface area contributed by atoms with Gasteiger partial charge in [-0.2, -0.15) is 9.61 Å². The molecule has 5 heteroatoms. The van der Waals surface area contributed by atoms with E-state index in [4.69, 9.17) is 10.1 Å². The molecule has 39 heavy (non-hydrogen) atoms. The Bertz CT molecular complexity index is 1600. The highest BCUT2D eigenvalue weighted by Gasteiger charge is 2.26. The molecule has 1 aliphatic heterocycles. The number of nitrogens with zero attached hydrogens (tertiary/aromatic N) is 5. The second kappa shape index (κ2) is 10.7. The zero-order valence-corrected chi connectivity index (χ0v) is 23.5. The van der Waals surface area contributed by atoms with Crippen molar-refractivity contribution in [3.63, 3.8) is 0 Å². The van der Waals surface area contributed by atoms with Crippen molar-refractivity contribution in [3.05, 3.63) is 118 Å². The third-order valence-electron chi connectivity index (χ3n) is 8.07. The van der Waals surface area contributed by atoms with Gasteiger partial charge >= 0.3 is 0 Å². The molecule has 0 aliphatic carbocycles. The van der Waals surface area contributed by atoms with Crippen LogP contribution < -0.4 is 4.90 Å². The minimum atomic E-state index is 0.841. The Labute approximate surface area is 231 Å². The fourth-order valence-corrected chi connectivity index (χ4v) is 5.94. The average Bonchev–Trinajstić information content (AvgIpc) is 3.27. The normalized spacial score (nSPS) is 14.3. The van der Waals surface area contributed by atoms with Crippen molar-refractivity contribution in [1.82, 2.24) is 19.5 Å². The zero-order chi connectivity index (χ0) is 26.9. The topological polar surface area (TPSA) is 36.7 Å². The molecule has 3 heterocycles. The molecule has 1 saturated heterocycles. The Balaban J connectivity index is 1.38. The SMILES string of the molecule is Cc1ccc(CN2CCN(c3c(Cc4ccccc4)c(C)nc4c(-c5ccccc5)c(C)nn34)CC2)c(C)c1. The Hall–Kier alpha value is -3.96. The summed E-state index contributed by atoms with van der Waals surface area (Å²) in [5, 5.41) is 5.11. The van der Waals surface area contributed by atoms with Crippen LogP contribution in [0.2, 0.25) is 0 Å². The van der Waals surface area contributed by atoms with E-state index in [0.29, 0.717) is 0 Å². The van der Waals surface area contributed by atoms with Crippen LogP contribution in [0.25, 0.3) is 16.8 Å². The van der Waals surface area contributed by atoms with E-state index in [1.807, 2.05) is 0 Å². The van der Waals surface area contributed by atoms with Gasteiger partial charge in [-0.1, -0.05) is 84.4 Å². The maximum Gasteiger partial charge on any atom is 0.165 e. The summed E-state index contributed by atoms with van der Waals surface area (Å²) in [4.78, 5) is 10.3. The predicted octanol–water partition coefficient (Wildman–Crippen LogP) is 6.54. The van der Waals surface area contributed by atoms with E-state index in [2.05, 4.69) is 121 Å². The zero-order valence-electron chi connectivity index (χ0n) is 23.5. The first-order chi connectivity index (χ1) is 19.0. The summed E-state index contributed by atoms with van der Waals surface area (Å²) < 4.78 is 2.13. The number of aryl methyl sites for hydroxylation is 4. The molecule has 0 saturated carbocycles. The maximum absolute atomic E-state index is 5.18. The molecule has 1 fully saturated rings. The van der Waals surface area contributed by atoms with Gasteiger partial charge in [-0.25, -0.2) is 4.98 Å². The highest BCUT2D eigenvalue weighted by Crippen LogP contribution is 2.34. The third kappa shape index (κ3) is 5.07. The van der Waals surface area contributed by atoms with E-state index < -0.39 is 0 Å². The lowest BCUT2D eigenvalue weighted by molar-refractivity contribution is 0.248. The first-order valence-electron chi connectivity index (χ1n) is 14.0. The number of rotatable bonds is 6. The van der Waals surface area contributed by atoms with Crippen LogP contribution in [-0.2, 0) is 13.0 Å². The molecule has 0 radical (unpaired) electrons. The molecule has 2 aromatic heterocycles. The summed E-state index contributed by atoms with van der Waals surface area (Å²) in [7, 11) is 0. The first-order valence-corrected chi connectivity index (χ1v) is 14.0. The number of benzene rings is 3. The van der Waals surface area contributed by atoms with Gasteiger partial charge in [0.2, 0.25) is 0 Å². The van der Waals surface area contributed by atoms with E-state index in [9.17, 15) is 0 Å². The minimum absolute atomic E-state index is 0.841. The lowest BCUT2D eigenvalue weighted by Crippen LogP contribution is -2.47. The summed E-state index contributed by atoms with van der Waals surface area (Å²) >= 11 is 0. The van der Waals surface area contributed by atoms with Crippen molar-refractivity contribution < 1.29 is 0 Å². The molecule has 6 rings (SSSR count). The van der Waals surface area contributed by atoms with E-state index >= 15 is 0 Å². The van der Waals surface area contributed by atoms with Crippen LogP contribution in [0.1, 0.15) is 39.2 Å². The second-order valence-electron chi connectivity index (χ2n) is 10.9. The molecule has 1 aliphatic rings. The molecule has 0 atom stereocenters. The van der Waals surface area contributed by atoms with Crippen LogP contribution in [-0.4, -0.2) is 45.7 Å². The molecule has 5 aromatic rings. The molecule has 5 nitrogen and oxygen atoms in total. The fraction of sp³-hybridized carbons (Fsp3) is 0.294. The fourth-order valence-electron chi connectivity index (χ4n) is 5.94. The summed E-state index contributed by atoms with van der Waals surface area (Å²) in [5.74, 6) is 1.19. The summed E-state index contributed by atoms with van der Waals surface area (Å²) in [6.07, 6.45) is 0.841. The van der Waals surface area contributed by atoms with Crippen LogP contribution >= 0.6 is 0 Å². The summed E-state index contributed by atoms with van der Waals surface area (Å²) in [6, 6.07) is 28.1. The van der Waals surface area contributed by atoms with E-state index in [0.717, 1.165) is 67.3 Å². The monoisotopic (exact) mass is 515 g/mol. The predicted molar refractivity (Wildman–Crippen MR) is 161 cm³/mol. The molecule has 0 amide bonds. The van der Waals surface area contributed by atoms with E-state index in [-0.39, 0.29) is 0 Å². The van der Waals surface area contributed by atoms with Gasteiger partial charge in [0.05, 0.1) is 5.69 Å². The van der Waals surface area contributed by atoms with Crippen LogP contribution in [0.4, 0.5) is 5.82 Å². The van der Waals surface area contributed by atoms with Gasteiger partial charge in [-0.15, -0.1) is 0 Å². The number of hydrogen-bond acceptors (Lipinski definition) is 4. The number of aromatic nitrogens is 3. The average molecular weight is 516 g/mol. The molecule has 198 valence electrons. The van der Waals surface area contributed by atoms with Gasteiger partial charge in [0.25, 0.3) is 0 Å². The number of hydrogen-bond donors (Lipinski definition) is 0. The molecule has 3 aromatic carbocycles. The number of piperazine rings is 1. The van der Waals surface area contributed by atoms with Gasteiger partial charge < -0.3 is 4.90 Å². The number of fused-ring (bicyclic) bond motifs is 1. The summed E-state index contributed by atoms with van der Waals surface area (Å²) in [6.45, 7) is 13.6. The quantitative estimate of drug-likeness (QED) is 0.257. The third-order valence-corrected chi connectivity index (χ3v) is 8.07. The van der Waals surface area contributed by atoms with Crippen molar-refractivity contribution in [2.45, 2.75) is 40.7 Å². The minimum Gasteiger partial charge on any atom is -0.354 e. The maximum atomic E-state index is 5.18. The standard InChI is InChI=1S/C34H37N5/c1-24-15-16-30(25(2)21-24)23-37-17-19-38(20-18-37)34-31(22-28-11-7-5-8-12-28)26(3)35-33-32(27(4)36-39(33)34)29-13-9-6-10-14-29/h5-16,21H,17-20,22-23H2,1-4H3. The van der Waals surface area contributed by atoms with Gasteiger partial charge in [0, 0.05) is 56.0 Å². The van der Waals surface area contributed by atoms with Crippen LogP contribution in [0.15, 0.2) is 78.9 Å². The second-order valence-corrected chi connectivity index (χ2v) is 10.9. The largest absolute Gasteiger partial charge is 0.354 e. The Morgan fingerprint density at radius 3 is 2.13 bits per heavy atom. The highest BCUT2D eigenvalue weighted by molar-refractivity contribution is 5.81. The Morgan fingerprint density at radius 1 is 0.744 bits per heavy atom. The van der Waals surface area contributed by atoms with Crippen LogP contribution in [0.5, 0.6) is 0 Å². The molecule has 0 N–H and O–H groups in total. The van der Waals surface area contributed by atoms with Crippen molar-refractivity contribution in [2.24, 2.45) is 0 Å². The first kappa shape index (κ1) is 25.3.